The Labute approximate surface area is 143 Å². The lowest BCUT2D eigenvalue weighted by Gasteiger charge is -2.12. The molecule has 0 heterocycles. The summed E-state index contributed by atoms with van der Waals surface area (Å²) in [6, 6.07) is 12.7. The van der Waals surface area contributed by atoms with Crippen molar-refractivity contribution >= 4 is 56.2 Å². The largest absolute Gasteiger partial charge is 0.332 e. The second-order valence-electron chi connectivity index (χ2n) is 4.16. The zero-order valence-corrected chi connectivity index (χ0v) is 14.2. The predicted octanol–water partition coefficient (Wildman–Crippen LogP) is 3.17. The van der Waals surface area contributed by atoms with Gasteiger partial charge in [0.2, 0.25) is 0 Å². The average Bonchev–Trinajstić information content (AvgIpc) is 2.45. The summed E-state index contributed by atoms with van der Waals surface area (Å²) in [6.07, 6.45) is 0. The number of hydrogen-bond acceptors (Lipinski definition) is 3. The highest BCUT2D eigenvalue weighted by molar-refractivity contribution is 7.89. The van der Waals surface area contributed by atoms with Crippen molar-refractivity contribution in [3.63, 3.8) is 0 Å². The van der Waals surface area contributed by atoms with E-state index in [0.29, 0.717) is 15.7 Å². The van der Waals surface area contributed by atoms with Crippen molar-refractivity contribution in [3.8, 4) is 0 Å². The molecular weight excluding hydrogens is 365 g/mol. The highest BCUT2D eigenvalue weighted by Crippen LogP contribution is 2.22. The van der Waals surface area contributed by atoms with Crippen molar-refractivity contribution in [1.82, 2.24) is 10.3 Å². The van der Waals surface area contributed by atoms with Crippen LogP contribution in [0.2, 0.25) is 10.0 Å². The van der Waals surface area contributed by atoms with Crippen LogP contribution in [0, 0.1) is 0 Å². The lowest BCUT2D eigenvalue weighted by Crippen LogP contribution is -2.43. The molecule has 2 aromatic carbocycles. The number of nitrogens with one attached hydrogen (secondary N) is 3. The van der Waals surface area contributed by atoms with E-state index in [1.165, 1.54) is 12.1 Å². The lowest BCUT2D eigenvalue weighted by atomic mass is 10.3. The van der Waals surface area contributed by atoms with Gasteiger partial charge in [0.1, 0.15) is 0 Å². The number of thiocarbonyl (C=S) groups is 1. The summed E-state index contributed by atoms with van der Waals surface area (Å²) < 4.78 is 24.0. The highest BCUT2D eigenvalue weighted by Gasteiger charge is 2.13. The number of hydrazine groups is 1. The Morgan fingerprint density at radius 3 is 2.18 bits per heavy atom. The van der Waals surface area contributed by atoms with E-state index in [9.17, 15) is 8.42 Å². The number of rotatable bonds is 4. The molecule has 0 bridgehead atoms. The summed E-state index contributed by atoms with van der Waals surface area (Å²) in [6.45, 7) is 0. The molecule has 2 aromatic rings. The molecule has 2 rings (SSSR count). The van der Waals surface area contributed by atoms with Gasteiger partial charge in [0, 0.05) is 15.7 Å². The van der Waals surface area contributed by atoms with Crippen molar-refractivity contribution in [2.45, 2.75) is 4.90 Å². The Morgan fingerprint density at radius 1 is 1.00 bits per heavy atom. The molecule has 116 valence electrons. The SMILES string of the molecule is O=S(=O)(NNC(=S)Nc1cc(Cl)cc(Cl)c1)c1ccccc1. The number of anilines is 1. The van der Waals surface area contributed by atoms with Crippen LogP contribution in [0.15, 0.2) is 53.4 Å². The van der Waals surface area contributed by atoms with Gasteiger partial charge in [-0.3, -0.25) is 5.43 Å². The second-order valence-corrected chi connectivity index (χ2v) is 7.12. The monoisotopic (exact) mass is 375 g/mol. The van der Waals surface area contributed by atoms with Crippen molar-refractivity contribution in [3.05, 3.63) is 58.6 Å². The summed E-state index contributed by atoms with van der Waals surface area (Å²) in [5.41, 5.74) is 2.94. The van der Waals surface area contributed by atoms with Gasteiger partial charge in [-0.05, 0) is 42.5 Å². The quantitative estimate of drug-likeness (QED) is 0.565. The smallest absolute Gasteiger partial charge is 0.257 e. The fraction of sp³-hybridized carbons (Fsp3) is 0. The minimum Gasteiger partial charge on any atom is -0.332 e. The first-order valence-electron chi connectivity index (χ1n) is 5.97. The van der Waals surface area contributed by atoms with Gasteiger partial charge in [0.25, 0.3) is 10.0 Å². The van der Waals surface area contributed by atoms with Crippen LogP contribution < -0.4 is 15.6 Å². The van der Waals surface area contributed by atoms with Crippen LogP contribution in [-0.4, -0.2) is 13.5 Å². The minimum absolute atomic E-state index is 0.0536. The van der Waals surface area contributed by atoms with Crippen molar-refractivity contribution < 1.29 is 8.42 Å². The molecule has 0 saturated heterocycles. The third-order valence-electron chi connectivity index (χ3n) is 2.47. The van der Waals surface area contributed by atoms with E-state index in [4.69, 9.17) is 35.4 Å². The normalized spacial score (nSPS) is 11.0. The molecule has 0 aliphatic heterocycles. The van der Waals surface area contributed by atoms with E-state index in [1.807, 2.05) is 0 Å². The van der Waals surface area contributed by atoms with Crippen LogP contribution in [0.1, 0.15) is 0 Å². The topological polar surface area (TPSA) is 70.2 Å². The lowest BCUT2D eigenvalue weighted by molar-refractivity contribution is 0.578. The molecule has 9 heteroatoms. The van der Waals surface area contributed by atoms with Gasteiger partial charge in [-0.1, -0.05) is 41.4 Å². The first-order chi connectivity index (χ1) is 10.4. The van der Waals surface area contributed by atoms with E-state index < -0.39 is 10.0 Å². The Morgan fingerprint density at radius 2 is 1.59 bits per heavy atom. The Bertz CT molecular complexity index is 763. The van der Waals surface area contributed by atoms with Crippen molar-refractivity contribution in [2.24, 2.45) is 0 Å². The standard InChI is InChI=1S/C13H11Cl2N3O2S2/c14-9-6-10(15)8-11(7-9)16-13(21)17-18-22(19,20)12-4-2-1-3-5-12/h1-8,18H,(H2,16,17,21). The van der Waals surface area contributed by atoms with Crippen LogP contribution in [0.3, 0.4) is 0 Å². The van der Waals surface area contributed by atoms with Gasteiger partial charge in [0.15, 0.2) is 5.11 Å². The van der Waals surface area contributed by atoms with Crippen LogP contribution in [-0.2, 0) is 10.0 Å². The molecule has 0 spiro atoms. The third kappa shape index (κ3) is 4.82. The van der Waals surface area contributed by atoms with Crippen molar-refractivity contribution in [1.29, 1.82) is 0 Å². The summed E-state index contributed by atoms with van der Waals surface area (Å²) in [4.78, 5) is 2.30. The zero-order valence-electron chi connectivity index (χ0n) is 11.0. The Balaban J connectivity index is 1.98. The number of benzene rings is 2. The Kier molecular flexibility index (Phi) is 5.60. The molecule has 0 fully saturated rings. The van der Waals surface area contributed by atoms with Gasteiger partial charge in [-0.25, -0.2) is 8.42 Å². The van der Waals surface area contributed by atoms with Gasteiger partial charge in [-0.15, -0.1) is 4.83 Å². The summed E-state index contributed by atoms with van der Waals surface area (Å²) in [5, 5.41) is 3.69. The molecule has 0 atom stereocenters. The van der Waals surface area contributed by atoms with E-state index >= 15 is 0 Å². The molecule has 5 nitrogen and oxygen atoms in total. The van der Waals surface area contributed by atoms with E-state index in [0.717, 1.165) is 0 Å². The molecule has 0 radical (unpaired) electrons. The second kappa shape index (κ2) is 7.26. The molecular formula is C13H11Cl2N3O2S2. The van der Waals surface area contributed by atoms with Crippen LogP contribution in [0.5, 0.6) is 0 Å². The highest BCUT2D eigenvalue weighted by atomic mass is 35.5. The van der Waals surface area contributed by atoms with Gasteiger partial charge in [0.05, 0.1) is 4.90 Å². The first kappa shape index (κ1) is 17.0. The van der Waals surface area contributed by atoms with E-state index in [2.05, 4.69) is 15.6 Å². The fourth-order valence-electron chi connectivity index (χ4n) is 1.56. The minimum atomic E-state index is -3.70. The molecule has 0 amide bonds. The predicted molar refractivity (Wildman–Crippen MR) is 92.6 cm³/mol. The first-order valence-corrected chi connectivity index (χ1v) is 8.61. The summed E-state index contributed by atoms with van der Waals surface area (Å²) >= 11 is 16.7. The molecule has 0 saturated carbocycles. The summed E-state index contributed by atoms with van der Waals surface area (Å²) in [7, 11) is -3.70. The summed E-state index contributed by atoms with van der Waals surface area (Å²) in [5.74, 6) is 0. The van der Waals surface area contributed by atoms with Gasteiger partial charge >= 0.3 is 0 Å². The molecule has 0 aliphatic carbocycles. The molecule has 0 unspecified atom stereocenters. The maximum Gasteiger partial charge on any atom is 0.257 e. The van der Waals surface area contributed by atoms with Crippen LogP contribution in [0.25, 0.3) is 0 Å². The number of hydrogen-bond donors (Lipinski definition) is 3. The maximum absolute atomic E-state index is 12.0. The molecule has 3 N–H and O–H groups in total. The average molecular weight is 376 g/mol. The Hall–Kier alpha value is -1.38. The molecule has 0 aromatic heterocycles. The van der Waals surface area contributed by atoms with Gasteiger partial charge < -0.3 is 5.32 Å². The number of sulfonamides is 1. The van der Waals surface area contributed by atoms with Crippen LogP contribution in [0.4, 0.5) is 5.69 Å². The van der Waals surface area contributed by atoms with Gasteiger partial charge in [-0.2, -0.15) is 0 Å². The number of halogens is 2. The van der Waals surface area contributed by atoms with E-state index in [1.54, 1.807) is 36.4 Å². The third-order valence-corrected chi connectivity index (χ3v) is 4.38. The van der Waals surface area contributed by atoms with Crippen molar-refractivity contribution in [2.75, 3.05) is 5.32 Å². The maximum atomic E-state index is 12.0. The van der Waals surface area contributed by atoms with Crippen LogP contribution >= 0.6 is 35.4 Å². The van der Waals surface area contributed by atoms with E-state index in [-0.39, 0.29) is 10.0 Å². The zero-order chi connectivity index (χ0) is 16.2. The molecule has 0 aliphatic rings. The molecule has 22 heavy (non-hydrogen) atoms. The fourth-order valence-corrected chi connectivity index (χ4v) is 3.19.